The predicted molar refractivity (Wildman–Crippen MR) is 78.3 cm³/mol. The molecular weight excluding hydrogens is 292 g/mol. The fraction of sp³-hybridized carbons (Fsp3) is 0.308. The van der Waals surface area contributed by atoms with E-state index in [4.69, 9.17) is 10.5 Å². The van der Waals surface area contributed by atoms with Gasteiger partial charge in [0.15, 0.2) is 0 Å². The minimum absolute atomic E-state index is 0.104. The van der Waals surface area contributed by atoms with Gasteiger partial charge in [0, 0.05) is 32.0 Å². The third-order valence-electron chi connectivity index (χ3n) is 2.97. The van der Waals surface area contributed by atoms with Crippen LogP contribution in [0.15, 0.2) is 41.8 Å². The van der Waals surface area contributed by atoms with E-state index < -0.39 is 10.0 Å². The van der Waals surface area contributed by atoms with E-state index in [9.17, 15) is 8.42 Å². The van der Waals surface area contributed by atoms with Gasteiger partial charge >= 0.3 is 0 Å². The number of aromatic nitrogens is 2. The van der Waals surface area contributed by atoms with Crippen molar-refractivity contribution in [3.63, 3.8) is 0 Å². The molecule has 7 nitrogen and oxygen atoms in total. The molecule has 0 aliphatic carbocycles. The Morgan fingerprint density at radius 3 is 2.86 bits per heavy atom. The van der Waals surface area contributed by atoms with Crippen molar-refractivity contribution in [2.24, 2.45) is 5.73 Å². The molecule has 0 amide bonds. The molecule has 21 heavy (non-hydrogen) atoms. The summed E-state index contributed by atoms with van der Waals surface area (Å²) in [5.41, 5.74) is 6.35. The average Bonchev–Trinajstić information content (AvgIpc) is 2.99. The molecular formula is C13H18N4O3S. The van der Waals surface area contributed by atoms with Gasteiger partial charge in [0.2, 0.25) is 10.0 Å². The summed E-state index contributed by atoms with van der Waals surface area (Å²) in [6, 6.07) is 4.80. The van der Waals surface area contributed by atoms with E-state index in [0.29, 0.717) is 13.1 Å². The van der Waals surface area contributed by atoms with Crippen molar-refractivity contribution in [3.8, 4) is 5.75 Å². The third-order valence-corrected chi connectivity index (χ3v) is 4.47. The molecule has 8 heteroatoms. The highest BCUT2D eigenvalue weighted by Crippen LogP contribution is 2.24. The highest BCUT2D eigenvalue weighted by atomic mass is 32.2. The molecule has 0 radical (unpaired) electrons. The van der Waals surface area contributed by atoms with Crippen LogP contribution in [0.5, 0.6) is 5.75 Å². The maximum atomic E-state index is 12.3. The molecule has 0 atom stereocenters. The first-order chi connectivity index (χ1) is 10.1. The summed E-state index contributed by atoms with van der Waals surface area (Å²) in [6.45, 7) is 1.09. The van der Waals surface area contributed by atoms with Gasteiger partial charge in [0.25, 0.3) is 0 Å². The van der Waals surface area contributed by atoms with E-state index in [0.717, 1.165) is 5.56 Å². The first kappa shape index (κ1) is 15.5. The van der Waals surface area contributed by atoms with Gasteiger partial charge in [-0.15, -0.1) is 0 Å². The standard InChI is InChI=1S/C13H18N4O3S/c1-20-12-8-11(9-14)2-3-13(12)21(18,19)16-5-7-17-6-4-15-10-17/h2-4,6,8,10,16H,5,7,9,14H2,1H3. The number of ether oxygens (including phenoxy) is 1. The van der Waals surface area contributed by atoms with Gasteiger partial charge in [-0.3, -0.25) is 0 Å². The van der Waals surface area contributed by atoms with Gasteiger partial charge in [0.05, 0.1) is 13.4 Å². The molecule has 1 heterocycles. The maximum Gasteiger partial charge on any atom is 0.244 e. The third kappa shape index (κ3) is 3.81. The van der Waals surface area contributed by atoms with Gasteiger partial charge in [-0.2, -0.15) is 0 Å². The summed E-state index contributed by atoms with van der Waals surface area (Å²) in [4.78, 5) is 4.00. The molecule has 0 unspecified atom stereocenters. The number of nitrogens with one attached hydrogen (secondary N) is 1. The zero-order chi connectivity index (χ0) is 15.3. The summed E-state index contributed by atoms with van der Waals surface area (Å²) in [5, 5.41) is 0. The number of rotatable bonds is 7. The van der Waals surface area contributed by atoms with Crippen molar-refractivity contribution >= 4 is 10.0 Å². The fourth-order valence-corrected chi connectivity index (χ4v) is 3.04. The number of benzene rings is 1. The van der Waals surface area contributed by atoms with E-state index in [1.165, 1.54) is 13.2 Å². The number of nitrogens with two attached hydrogens (primary N) is 1. The van der Waals surface area contributed by atoms with Crippen LogP contribution in [0.2, 0.25) is 0 Å². The van der Waals surface area contributed by atoms with Crippen molar-refractivity contribution in [1.29, 1.82) is 0 Å². The average molecular weight is 310 g/mol. The molecule has 1 aromatic carbocycles. The number of hydrogen-bond acceptors (Lipinski definition) is 5. The van der Waals surface area contributed by atoms with E-state index in [-0.39, 0.29) is 17.2 Å². The van der Waals surface area contributed by atoms with Crippen molar-refractivity contribution in [2.75, 3.05) is 13.7 Å². The highest BCUT2D eigenvalue weighted by molar-refractivity contribution is 7.89. The van der Waals surface area contributed by atoms with Crippen LogP contribution in [-0.2, 0) is 23.1 Å². The minimum atomic E-state index is -3.63. The Balaban J connectivity index is 2.11. The van der Waals surface area contributed by atoms with Crippen LogP contribution in [0.3, 0.4) is 0 Å². The van der Waals surface area contributed by atoms with Crippen LogP contribution >= 0.6 is 0 Å². The number of sulfonamides is 1. The van der Waals surface area contributed by atoms with Gasteiger partial charge in [-0.1, -0.05) is 6.07 Å². The molecule has 0 fully saturated rings. The molecule has 0 saturated carbocycles. The van der Waals surface area contributed by atoms with E-state index in [1.54, 1.807) is 35.4 Å². The lowest BCUT2D eigenvalue weighted by atomic mass is 10.2. The Labute approximate surface area is 123 Å². The zero-order valence-electron chi connectivity index (χ0n) is 11.7. The van der Waals surface area contributed by atoms with Crippen molar-refractivity contribution < 1.29 is 13.2 Å². The van der Waals surface area contributed by atoms with Crippen LogP contribution < -0.4 is 15.2 Å². The second kappa shape index (κ2) is 6.70. The van der Waals surface area contributed by atoms with Crippen LogP contribution in [0, 0.1) is 0 Å². The lowest BCUT2D eigenvalue weighted by molar-refractivity contribution is 0.401. The molecule has 0 aliphatic rings. The Kier molecular flexibility index (Phi) is 4.94. The first-order valence-electron chi connectivity index (χ1n) is 6.39. The Hall–Kier alpha value is -1.90. The second-order valence-corrected chi connectivity index (χ2v) is 6.12. The summed E-state index contributed by atoms with van der Waals surface area (Å²) in [7, 11) is -2.20. The highest BCUT2D eigenvalue weighted by Gasteiger charge is 2.19. The molecule has 3 N–H and O–H groups in total. The smallest absolute Gasteiger partial charge is 0.244 e. The summed E-state index contributed by atoms with van der Waals surface area (Å²) in [5.74, 6) is 0.285. The largest absolute Gasteiger partial charge is 0.495 e. The van der Waals surface area contributed by atoms with Crippen LogP contribution in [0.1, 0.15) is 5.56 Å². The molecule has 0 aliphatic heterocycles. The molecule has 0 bridgehead atoms. The molecule has 2 rings (SSSR count). The maximum absolute atomic E-state index is 12.3. The van der Waals surface area contributed by atoms with E-state index in [2.05, 4.69) is 9.71 Å². The van der Waals surface area contributed by atoms with Crippen LogP contribution in [0.25, 0.3) is 0 Å². The Morgan fingerprint density at radius 1 is 1.43 bits per heavy atom. The quantitative estimate of drug-likeness (QED) is 0.768. The summed E-state index contributed by atoms with van der Waals surface area (Å²) >= 11 is 0. The zero-order valence-corrected chi connectivity index (χ0v) is 12.5. The lowest BCUT2D eigenvalue weighted by Crippen LogP contribution is -2.27. The Bertz CT molecular complexity index is 683. The monoisotopic (exact) mass is 310 g/mol. The number of hydrogen-bond donors (Lipinski definition) is 2. The molecule has 0 saturated heterocycles. The number of nitrogens with zero attached hydrogens (tertiary/aromatic N) is 2. The molecule has 2 aromatic rings. The van der Waals surface area contributed by atoms with Gasteiger partial charge < -0.3 is 15.0 Å². The number of methoxy groups -OCH3 is 1. The van der Waals surface area contributed by atoms with Crippen LogP contribution in [-0.4, -0.2) is 31.6 Å². The molecule has 1 aromatic heterocycles. The lowest BCUT2D eigenvalue weighted by Gasteiger charge is -2.12. The Morgan fingerprint density at radius 2 is 2.24 bits per heavy atom. The summed E-state index contributed by atoms with van der Waals surface area (Å²) < 4.78 is 34.0. The first-order valence-corrected chi connectivity index (χ1v) is 7.87. The summed E-state index contributed by atoms with van der Waals surface area (Å²) in [6.07, 6.45) is 5.04. The van der Waals surface area contributed by atoms with Gasteiger partial charge in [-0.05, 0) is 17.7 Å². The fourth-order valence-electron chi connectivity index (χ4n) is 1.87. The van der Waals surface area contributed by atoms with Crippen molar-refractivity contribution in [3.05, 3.63) is 42.5 Å². The van der Waals surface area contributed by atoms with Crippen molar-refractivity contribution in [2.45, 2.75) is 18.0 Å². The number of imidazole rings is 1. The molecule has 0 spiro atoms. The SMILES string of the molecule is COc1cc(CN)ccc1S(=O)(=O)NCCn1ccnc1. The minimum Gasteiger partial charge on any atom is -0.495 e. The topological polar surface area (TPSA) is 99.2 Å². The van der Waals surface area contributed by atoms with Crippen LogP contribution in [0.4, 0.5) is 0 Å². The van der Waals surface area contributed by atoms with Crippen molar-refractivity contribution in [1.82, 2.24) is 14.3 Å². The predicted octanol–water partition coefficient (Wildman–Crippen LogP) is 0.329. The second-order valence-electron chi connectivity index (χ2n) is 4.39. The van der Waals surface area contributed by atoms with Gasteiger partial charge in [-0.25, -0.2) is 18.1 Å². The van der Waals surface area contributed by atoms with E-state index in [1.807, 2.05) is 0 Å². The van der Waals surface area contributed by atoms with Gasteiger partial charge in [0.1, 0.15) is 10.6 Å². The van der Waals surface area contributed by atoms with E-state index >= 15 is 0 Å². The molecule has 114 valence electrons. The normalized spacial score (nSPS) is 11.5.